The zero-order chi connectivity index (χ0) is 14.7. The molecule has 0 fully saturated rings. The Morgan fingerprint density at radius 1 is 1.00 bits per heavy atom. The number of methoxy groups -OCH3 is 2. The zero-order valence-electron chi connectivity index (χ0n) is 11.7. The van der Waals surface area contributed by atoms with E-state index in [9.17, 15) is 5.11 Å². The Labute approximate surface area is 127 Å². The fourth-order valence-corrected chi connectivity index (χ4v) is 2.50. The summed E-state index contributed by atoms with van der Waals surface area (Å²) in [5, 5.41) is 10.6. The zero-order valence-corrected chi connectivity index (χ0v) is 13.3. The summed E-state index contributed by atoms with van der Waals surface area (Å²) < 4.78 is 11.4. The van der Waals surface area contributed by atoms with E-state index in [1.165, 1.54) is 0 Å². The number of hydrogen-bond donors (Lipinski definition) is 1. The van der Waals surface area contributed by atoms with Gasteiger partial charge in [0.2, 0.25) is 0 Å². The molecule has 106 valence electrons. The molecular formula is C16H17BrO3. The molecule has 3 nitrogen and oxygen atoms in total. The molecule has 0 saturated heterocycles. The molecular weight excluding hydrogens is 320 g/mol. The smallest absolute Gasteiger partial charge is 0.126 e. The molecule has 0 radical (unpaired) electrons. The molecule has 1 N–H and O–H groups in total. The molecule has 0 aliphatic heterocycles. The van der Waals surface area contributed by atoms with Crippen LogP contribution in [-0.4, -0.2) is 19.3 Å². The monoisotopic (exact) mass is 336 g/mol. The predicted octanol–water partition coefficient (Wildman–Crippen LogP) is 3.86. The lowest BCUT2D eigenvalue weighted by Gasteiger charge is -2.18. The molecule has 0 bridgehead atoms. The number of benzene rings is 2. The van der Waals surface area contributed by atoms with Crippen molar-refractivity contribution in [2.24, 2.45) is 0 Å². The van der Waals surface area contributed by atoms with Crippen molar-refractivity contribution in [3.63, 3.8) is 0 Å². The van der Waals surface area contributed by atoms with Gasteiger partial charge in [-0.1, -0.05) is 28.1 Å². The first-order valence-electron chi connectivity index (χ1n) is 6.23. The highest BCUT2D eigenvalue weighted by atomic mass is 79.9. The van der Waals surface area contributed by atoms with Crippen molar-refractivity contribution >= 4 is 15.9 Å². The molecule has 0 saturated carbocycles. The van der Waals surface area contributed by atoms with E-state index in [-0.39, 0.29) is 0 Å². The largest absolute Gasteiger partial charge is 0.497 e. The van der Waals surface area contributed by atoms with Crippen LogP contribution in [0, 0.1) is 6.92 Å². The number of aliphatic hydroxyl groups excluding tert-OH is 1. The lowest BCUT2D eigenvalue weighted by atomic mass is 9.96. The minimum Gasteiger partial charge on any atom is -0.497 e. The predicted molar refractivity (Wildman–Crippen MR) is 82.5 cm³/mol. The number of aliphatic hydroxyl groups is 1. The Balaban J connectivity index is 2.43. The van der Waals surface area contributed by atoms with Crippen molar-refractivity contribution in [2.45, 2.75) is 13.0 Å². The minimum atomic E-state index is -0.732. The molecule has 0 spiro atoms. The Hall–Kier alpha value is -1.52. The van der Waals surface area contributed by atoms with Crippen LogP contribution in [-0.2, 0) is 0 Å². The fourth-order valence-electron chi connectivity index (χ4n) is 2.16. The Bertz CT molecular complexity index is 611. The average molecular weight is 337 g/mol. The van der Waals surface area contributed by atoms with Crippen LogP contribution in [0.3, 0.4) is 0 Å². The van der Waals surface area contributed by atoms with Gasteiger partial charge in [0.15, 0.2) is 0 Å². The second kappa shape index (κ2) is 6.29. The van der Waals surface area contributed by atoms with Crippen molar-refractivity contribution in [1.82, 2.24) is 0 Å². The molecule has 0 heterocycles. The average Bonchev–Trinajstić information content (AvgIpc) is 2.46. The quantitative estimate of drug-likeness (QED) is 0.921. The van der Waals surface area contributed by atoms with Gasteiger partial charge in [0.05, 0.1) is 14.2 Å². The van der Waals surface area contributed by atoms with E-state index in [0.717, 1.165) is 26.9 Å². The Morgan fingerprint density at radius 3 is 2.30 bits per heavy atom. The number of rotatable bonds is 4. The van der Waals surface area contributed by atoms with Gasteiger partial charge in [-0.05, 0) is 42.3 Å². The maximum Gasteiger partial charge on any atom is 0.126 e. The van der Waals surface area contributed by atoms with Crippen molar-refractivity contribution in [1.29, 1.82) is 0 Å². The van der Waals surface area contributed by atoms with Crippen LogP contribution in [0.5, 0.6) is 11.5 Å². The first kappa shape index (κ1) is 14.9. The molecule has 20 heavy (non-hydrogen) atoms. The summed E-state index contributed by atoms with van der Waals surface area (Å²) in [6.07, 6.45) is -0.732. The van der Waals surface area contributed by atoms with Gasteiger partial charge in [0.1, 0.15) is 17.6 Å². The topological polar surface area (TPSA) is 38.7 Å². The van der Waals surface area contributed by atoms with E-state index < -0.39 is 6.10 Å². The van der Waals surface area contributed by atoms with Crippen molar-refractivity contribution < 1.29 is 14.6 Å². The molecule has 2 rings (SSSR count). The van der Waals surface area contributed by atoms with Gasteiger partial charge in [-0.15, -0.1) is 0 Å². The standard InChI is InChI=1S/C16H17BrO3/c1-10-8-12(19-2)5-7-13(10)16(18)14-6-4-11(17)9-15(14)20-3/h4-9,16,18H,1-3H3. The van der Waals surface area contributed by atoms with Gasteiger partial charge in [-0.25, -0.2) is 0 Å². The van der Waals surface area contributed by atoms with Crippen LogP contribution in [0.25, 0.3) is 0 Å². The molecule has 2 aromatic carbocycles. The van der Waals surface area contributed by atoms with Crippen LogP contribution in [0.2, 0.25) is 0 Å². The molecule has 0 amide bonds. The van der Waals surface area contributed by atoms with Gasteiger partial charge in [0, 0.05) is 10.0 Å². The molecule has 0 aliphatic carbocycles. The number of hydrogen-bond acceptors (Lipinski definition) is 3. The first-order valence-corrected chi connectivity index (χ1v) is 7.02. The highest BCUT2D eigenvalue weighted by Gasteiger charge is 2.17. The molecule has 4 heteroatoms. The second-order valence-corrected chi connectivity index (χ2v) is 5.43. The highest BCUT2D eigenvalue weighted by molar-refractivity contribution is 9.10. The Kier molecular flexibility index (Phi) is 4.68. The van der Waals surface area contributed by atoms with Crippen LogP contribution in [0.1, 0.15) is 22.8 Å². The fraction of sp³-hybridized carbons (Fsp3) is 0.250. The van der Waals surface area contributed by atoms with Crippen LogP contribution >= 0.6 is 15.9 Å². The van der Waals surface area contributed by atoms with E-state index in [2.05, 4.69) is 15.9 Å². The lowest BCUT2D eigenvalue weighted by molar-refractivity contribution is 0.214. The summed E-state index contributed by atoms with van der Waals surface area (Å²) in [5.74, 6) is 1.43. The first-order chi connectivity index (χ1) is 9.56. The molecule has 0 aromatic heterocycles. The van der Waals surface area contributed by atoms with Crippen molar-refractivity contribution in [2.75, 3.05) is 14.2 Å². The summed E-state index contributed by atoms with van der Waals surface area (Å²) >= 11 is 3.40. The summed E-state index contributed by atoms with van der Waals surface area (Å²) in [4.78, 5) is 0. The van der Waals surface area contributed by atoms with Crippen LogP contribution in [0.4, 0.5) is 0 Å². The number of halogens is 1. The maximum atomic E-state index is 10.6. The highest BCUT2D eigenvalue weighted by Crippen LogP contribution is 2.34. The summed E-state index contributed by atoms with van der Waals surface area (Å²) in [6, 6.07) is 11.2. The van der Waals surface area contributed by atoms with Crippen LogP contribution < -0.4 is 9.47 Å². The maximum absolute atomic E-state index is 10.6. The molecule has 1 atom stereocenters. The molecule has 1 unspecified atom stereocenters. The second-order valence-electron chi connectivity index (χ2n) is 4.51. The third kappa shape index (κ3) is 2.97. The molecule has 0 aliphatic rings. The number of aryl methyl sites for hydroxylation is 1. The summed E-state index contributed by atoms with van der Waals surface area (Å²) in [5.41, 5.74) is 2.55. The van der Waals surface area contributed by atoms with E-state index in [1.807, 2.05) is 43.3 Å². The third-order valence-corrected chi connectivity index (χ3v) is 3.75. The van der Waals surface area contributed by atoms with Gasteiger partial charge in [-0.2, -0.15) is 0 Å². The van der Waals surface area contributed by atoms with E-state index in [4.69, 9.17) is 9.47 Å². The van der Waals surface area contributed by atoms with E-state index in [1.54, 1.807) is 14.2 Å². The van der Waals surface area contributed by atoms with Gasteiger partial charge in [0.25, 0.3) is 0 Å². The van der Waals surface area contributed by atoms with Crippen LogP contribution in [0.15, 0.2) is 40.9 Å². The summed E-state index contributed by atoms with van der Waals surface area (Å²) in [7, 11) is 3.22. The van der Waals surface area contributed by atoms with Crippen molar-refractivity contribution in [3.05, 3.63) is 57.6 Å². The Morgan fingerprint density at radius 2 is 1.70 bits per heavy atom. The normalized spacial score (nSPS) is 12.1. The van der Waals surface area contributed by atoms with E-state index >= 15 is 0 Å². The van der Waals surface area contributed by atoms with Gasteiger partial charge >= 0.3 is 0 Å². The van der Waals surface area contributed by atoms with Gasteiger partial charge in [-0.3, -0.25) is 0 Å². The number of ether oxygens (including phenoxy) is 2. The molecule has 2 aromatic rings. The van der Waals surface area contributed by atoms with Crippen molar-refractivity contribution in [3.8, 4) is 11.5 Å². The lowest BCUT2D eigenvalue weighted by Crippen LogP contribution is -2.04. The minimum absolute atomic E-state index is 0.655. The SMILES string of the molecule is COc1ccc(C(O)c2ccc(Br)cc2OC)c(C)c1. The summed E-state index contributed by atoms with van der Waals surface area (Å²) in [6.45, 7) is 1.95. The third-order valence-electron chi connectivity index (χ3n) is 3.26. The van der Waals surface area contributed by atoms with Gasteiger partial charge < -0.3 is 14.6 Å². The van der Waals surface area contributed by atoms with E-state index in [0.29, 0.717) is 5.75 Å².